The second kappa shape index (κ2) is 5.94. The van der Waals surface area contributed by atoms with E-state index >= 15 is 0 Å². The largest absolute Gasteiger partial charge is 0.494 e. The van der Waals surface area contributed by atoms with Gasteiger partial charge in [0, 0.05) is 10.2 Å². The smallest absolute Gasteiger partial charge is 0.120 e. The fourth-order valence-electron chi connectivity index (χ4n) is 1.75. The Morgan fingerprint density at radius 3 is 3.00 bits per heavy atom. The van der Waals surface area contributed by atoms with Crippen molar-refractivity contribution in [1.82, 2.24) is 0 Å². The van der Waals surface area contributed by atoms with E-state index in [1.54, 1.807) is 0 Å². The molecule has 0 bridgehead atoms. The summed E-state index contributed by atoms with van der Waals surface area (Å²) in [5.41, 5.74) is 0. The summed E-state index contributed by atoms with van der Waals surface area (Å²) in [5, 5.41) is 9.65. The van der Waals surface area contributed by atoms with Crippen molar-refractivity contribution in [2.24, 2.45) is 5.92 Å². The Morgan fingerprint density at radius 1 is 1.44 bits per heavy atom. The Bertz CT molecular complexity index is 346. The van der Waals surface area contributed by atoms with Crippen LogP contribution >= 0.6 is 27.7 Å². The van der Waals surface area contributed by atoms with Crippen LogP contribution in [0, 0.1) is 5.92 Å². The lowest BCUT2D eigenvalue weighted by molar-refractivity contribution is 0.132. The molecule has 0 spiro atoms. The zero-order valence-corrected chi connectivity index (χ0v) is 11.3. The Labute approximate surface area is 109 Å². The first-order valence-electron chi connectivity index (χ1n) is 5.40. The van der Waals surface area contributed by atoms with Crippen LogP contribution in [0.4, 0.5) is 0 Å². The van der Waals surface area contributed by atoms with Gasteiger partial charge in [-0.15, -0.1) is 0 Å². The minimum atomic E-state index is -0.142. The van der Waals surface area contributed by atoms with Crippen molar-refractivity contribution in [2.75, 3.05) is 18.1 Å². The molecule has 1 fully saturated rings. The molecule has 4 heteroatoms. The predicted molar refractivity (Wildman–Crippen MR) is 71.1 cm³/mol. The van der Waals surface area contributed by atoms with Gasteiger partial charge in [0.2, 0.25) is 0 Å². The summed E-state index contributed by atoms with van der Waals surface area (Å²) in [6.07, 6.45) is 0.789. The average molecular weight is 303 g/mol. The molecule has 0 amide bonds. The molecule has 2 nitrogen and oxygen atoms in total. The molecule has 0 aliphatic carbocycles. The van der Waals surface area contributed by atoms with Gasteiger partial charge in [-0.25, -0.2) is 0 Å². The molecule has 1 aliphatic rings. The van der Waals surface area contributed by atoms with E-state index in [1.165, 1.54) is 0 Å². The van der Waals surface area contributed by atoms with Gasteiger partial charge in [-0.05, 0) is 36.3 Å². The van der Waals surface area contributed by atoms with Crippen LogP contribution in [0.2, 0.25) is 0 Å². The number of halogens is 1. The van der Waals surface area contributed by atoms with Crippen molar-refractivity contribution in [3.63, 3.8) is 0 Å². The number of thioether (sulfide) groups is 1. The van der Waals surface area contributed by atoms with Crippen molar-refractivity contribution in [3.8, 4) is 5.75 Å². The second-order valence-corrected chi connectivity index (χ2v) is 5.95. The van der Waals surface area contributed by atoms with Gasteiger partial charge < -0.3 is 9.84 Å². The molecule has 1 N–H and O–H groups in total. The summed E-state index contributed by atoms with van der Waals surface area (Å²) in [5.74, 6) is 3.22. The van der Waals surface area contributed by atoms with Gasteiger partial charge in [0.05, 0.1) is 12.7 Å². The van der Waals surface area contributed by atoms with Gasteiger partial charge in [0.15, 0.2) is 0 Å². The normalized spacial score (nSPS) is 24.6. The molecule has 16 heavy (non-hydrogen) atoms. The molecular weight excluding hydrogens is 288 g/mol. The quantitative estimate of drug-likeness (QED) is 0.927. The van der Waals surface area contributed by atoms with E-state index in [0.717, 1.165) is 28.1 Å². The standard InChI is InChI=1S/C12H15BrO2S/c13-10-2-1-3-11(6-10)15-5-4-9-7-16-8-12(9)14/h1-3,6,9,12,14H,4-5,7-8H2. The molecule has 0 radical (unpaired) electrons. The number of aliphatic hydroxyl groups excluding tert-OH is 1. The highest BCUT2D eigenvalue weighted by Crippen LogP contribution is 2.27. The van der Waals surface area contributed by atoms with Crippen LogP contribution < -0.4 is 4.74 Å². The van der Waals surface area contributed by atoms with Gasteiger partial charge in [-0.1, -0.05) is 22.0 Å². The third kappa shape index (κ3) is 3.40. The maximum atomic E-state index is 9.65. The van der Waals surface area contributed by atoms with Gasteiger partial charge in [-0.3, -0.25) is 0 Å². The molecule has 2 rings (SSSR count). The maximum absolute atomic E-state index is 9.65. The Morgan fingerprint density at radius 2 is 2.31 bits per heavy atom. The van der Waals surface area contributed by atoms with Crippen molar-refractivity contribution in [2.45, 2.75) is 12.5 Å². The lowest BCUT2D eigenvalue weighted by atomic mass is 10.0. The molecule has 0 aromatic heterocycles. The monoisotopic (exact) mass is 302 g/mol. The molecular formula is C12H15BrO2S. The average Bonchev–Trinajstić information content (AvgIpc) is 2.65. The molecule has 1 aliphatic heterocycles. The second-order valence-electron chi connectivity index (χ2n) is 3.96. The Balaban J connectivity index is 1.75. The number of hydrogen-bond donors (Lipinski definition) is 1. The summed E-state index contributed by atoms with van der Waals surface area (Å²) >= 11 is 5.23. The first-order valence-corrected chi connectivity index (χ1v) is 7.34. The topological polar surface area (TPSA) is 29.5 Å². The van der Waals surface area contributed by atoms with E-state index in [0.29, 0.717) is 12.5 Å². The van der Waals surface area contributed by atoms with Crippen LogP contribution in [0.1, 0.15) is 6.42 Å². The van der Waals surface area contributed by atoms with Crippen LogP contribution in [-0.4, -0.2) is 29.3 Å². The number of aliphatic hydroxyl groups is 1. The van der Waals surface area contributed by atoms with E-state index in [4.69, 9.17) is 4.74 Å². The molecule has 2 unspecified atom stereocenters. The van der Waals surface area contributed by atoms with Crippen molar-refractivity contribution in [1.29, 1.82) is 0 Å². The van der Waals surface area contributed by atoms with Gasteiger partial charge in [0.25, 0.3) is 0 Å². The third-order valence-electron chi connectivity index (χ3n) is 2.72. The fourth-order valence-corrected chi connectivity index (χ4v) is 3.47. The van der Waals surface area contributed by atoms with Crippen molar-refractivity contribution >= 4 is 27.7 Å². The number of hydrogen-bond acceptors (Lipinski definition) is 3. The Hall–Kier alpha value is -0.190. The van der Waals surface area contributed by atoms with E-state index in [2.05, 4.69) is 15.9 Å². The van der Waals surface area contributed by atoms with Gasteiger partial charge in [0.1, 0.15) is 5.75 Å². The highest BCUT2D eigenvalue weighted by molar-refractivity contribution is 9.10. The Kier molecular flexibility index (Phi) is 4.55. The fraction of sp³-hybridized carbons (Fsp3) is 0.500. The minimum absolute atomic E-state index is 0.142. The van der Waals surface area contributed by atoms with E-state index in [-0.39, 0.29) is 6.10 Å². The van der Waals surface area contributed by atoms with Crippen molar-refractivity contribution < 1.29 is 9.84 Å². The highest BCUT2D eigenvalue weighted by atomic mass is 79.9. The summed E-state index contributed by atoms with van der Waals surface area (Å²) < 4.78 is 6.68. The van der Waals surface area contributed by atoms with Gasteiger partial charge >= 0.3 is 0 Å². The number of ether oxygens (including phenoxy) is 1. The lowest BCUT2D eigenvalue weighted by Gasteiger charge is -2.13. The molecule has 88 valence electrons. The van der Waals surface area contributed by atoms with E-state index in [9.17, 15) is 5.11 Å². The molecule has 2 atom stereocenters. The first kappa shape index (κ1) is 12.3. The zero-order valence-electron chi connectivity index (χ0n) is 8.93. The third-order valence-corrected chi connectivity index (χ3v) is 4.45. The van der Waals surface area contributed by atoms with E-state index in [1.807, 2.05) is 36.0 Å². The summed E-state index contributed by atoms with van der Waals surface area (Å²) in [7, 11) is 0. The van der Waals surface area contributed by atoms with Gasteiger partial charge in [-0.2, -0.15) is 11.8 Å². The summed E-state index contributed by atoms with van der Waals surface area (Å²) in [4.78, 5) is 0. The van der Waals surface area contributed by atoms with Crippen LogP contribution in [0.3, 0.4) is 0 Å². The highest BCUT2D eigenvalue weighted by Gasteiger charge is 2.25. The maximum Gasteiger partial charge on any atom is 0.120 e. The minimum Gasteiger partial charge on any atom is -0.494 e. The SMILES string of the molecule is OC1CSCC1CCOc1cccc(Br)c1. The number of rotatable bonds is 4. The molecule has 1 heterocycles. The molecule has 1 aromatic rings. The molecule has 1 aromatic carbocycles. The lowest BCUT2D eigenvalue weighted by Crippen LogP contribution is -2.20. The first-order chi connectivity index (χ1) is 7.75. The van der Waals surface area contributed by atoms with Crippen molar-refractivity contribution in [3.05, 3.63) is 28.7 Å². The summed E-state index contributed by atoms with van der Waals surface area (Å²) in [6, 6.07) is 7.84. The van der Waals surface area contributed by atoms with Crippen LogP contribution in [0.15, 0.2) is 28.7 Å². The zero-order chi connectivity index (χ0) is 11.4. The van der Waals surface area contributed by atoms with Crippen LogP contribution in [0.25, 0.3) is 0 Å². The van der Waals surface area contributed by atoms with Crippen LogP contribution in [0.5, 0.6) is 5.75 Å². The predicted octanol–water partition coefficient (Wildman–Crippen LogP) is 2.94. The van der Waals surface area contributed by atoms with E-state index < -0.39 is 0 Å². The molecule has 1 saturated heterocycles. The molecule has 0 saturated carbocycles. The van der Waals surface area contributed by atoms with Crippen LogP contribution in [-0.2, 0) is 0 Å². The number of benzene rings is 1. The summed E-state index contributed by atoms with van der Waals surface area (Å²) in [6.45, 7) is 0.679.